The maximum Gasteiger partial charge on any atom is 0.172 e. The van der Waals surface area contributed by atoms with Crippen molar-refractivity contribution >= 4 is 33.2 Å². The highest BCUT2D eigenvalue weighted by Crippen LogP contribution is 2.27. The van der Waals surface area contributed by atoms with Crippen LogP contribution in [-0.4, -0.2) is 19.6 Å². The molecule has 0 aliphatic heterocycles. The fourth-order valence-electron chi connectivity index (χ4n) is 2.67. The number of pyridine rings is 1. The number of aromatic nitrogens is 4. The number of fused-ring (bicyclic) bond motifs is 1. The molecule has 6 nitrogen and oxygen atoms in total. The second kappa shape index (κ2) is 6.72. The number of nitrogens with zero attached hydrogens (tertiary/aromatic N) is 4. The minimum absolute atomic E-state index is 0.326. The first kappa shape index (κ1) is 16.5. The first-order chi connectivity index (χ1) is 12.6. The van der Waals surface area contributed by atoms with E-state index in [1.54, 1.807) is 47.2 Å². The highest BCUT2D eigenvalue weighted by Gasteiger charge is 2.13. The van der Waals surface area contributed by atoms with E-state index in [1.165, 1.54) is 6.07 Å². The maximum absolute atomic E-state index is 14.2. The van der Waals surface area contributed by atoms with Gasteiger partial charge in [0.2, 0.25) is 0 Å². The predicted octanol–water partition coefficient (Wildman–Crippen LogP) is 3.89. The van der Waals surface area contributed by atoms with Crippen LogP contribution in [-0.2, 0) is 6.54 Å². The quantitative estimate of drug-likeness (QED) is 0.531. The summed E-state index contributed by atoms with van der Waals surface area (Å²) in [5.41, 5.74) is 8.25. The Labute approximate surface area is 157 Å². The van der Waals surface area contributed by atoms with E-state index in [4.69, 9.17) is 5.73 Å². The Morgan fingerprint density at radius 1 is 1.19 bits per heavy atom. The molecule has 26 heavy (non-hydrogen) atoms. The van der Waals surface area contributed by atoms with Gasteiger partial charge < -0.3 is 11.1 Å². The van der Waals surface area contributed by atoms with Crippen molar-refractivity contribution in [3.8, 4) is 11.3 Å². The van der Waals surface area contributed by atoms with Crippen LogP contribution in [0.3, 0.4) is 0 Å². The van der Waals surface area contributed by atoms with Crippen LogP contribution in [0.1, 0.15) is 5.56 Å². The number of nitrogens with one attached hydrogen (secondary N) is 1. The smallest absolute Gasteiger partial charge is 0.172 e. The van der Waals surface area contributed by atoms with Crippen LogP contribution in [0.2, 0.25) is 0 Å². The van der Waals surface area contributed by atoms with Crippen LogP contribution in [0.4, 0.5) is 16.0 Å². The third-order valence-corrected chi connectivity index (χ3v) is 4.46. The highest BCUT2D eigenvalue weighted by molar-refractivity contribution is 9.10. The Bertz CT molecular complexity index is 1090. The average molecular weight is 413 g/mol. The fraction of sp³-hybridized carbons (Fsp3) is 0.0556. The molecule has 4 rings (SSSR count). The molecule has 0 radical (unpaired) electrons. The summed E-state index contributed by atoms with van der Waals surface area (Å²) in [6, 6.07) is 12.0. The van der Waals surface area contributed by atoms with Crippen LogP contribution < -0.4 is 11.1 Å². The summed E-state index contributed by atoms with van der Waals surface area (Å²) in [5, 5.41) is 7.63. The van der Waals surface area contributed by atoms with Crippen LogP contribution in [0, 0.1) is 5.82 Å². The van der Waals surface area contributed by atoms with Crippen molar-refractivity contribution in [2.75, 3.05) is 11.1 Å². The monoisotopic (exact) mass is 412 g/mol. The number of rotatable bonds is 4. The number of nitrogens with two attached hydrogens (primary N) is 1. The SMILES string of the molecule is Nc1cc(CNc2cc(-c3ccccc3F)nc3c(Br)cnn23)ccn1. The summed E-state index contributed by atoms with van der Waals surface area (Å²) in [7, 11) is 0. The second-order valence-electron chi connectivity index (χ2n) is 5.68. The van der Waals surface area contributed by atoms with Crippen molar-refractivity contribution in [3.63, 3.8) is 0 Å². The van der Waals surface area contributed by atoms with Crippen molar-refractivity contribution in [3.05, 3.63) is 70.7 Å². The zero-order chi connectivity index (χ0) is 18.1. The summed E-state index contributed by atoms with van der Waals surface area (Å²) >= 11 is 3.44. The van der Waals surface area contributed by atoms with Crippen LogP contribution in [0.25, 0.3) is 16.9 Å². The molecule has 0 spiro atoms. The van der Waals surface area contributed by atoms with Gasteiger partial charge in [-0.2, -0.15) is 9.61 Å². The second-order valence-corrected chi connectivity index (χ2v) is 6.53. The van der Waals surface area contributed by atoms with Crippen molar-refractivity contribution in [1.29, 1.82) is 0 Å². The van der Waals surface area contributed by atoms with Crippen molar-refractivity contribution in [1.82, 2.24) is 19.6 Å². The molecule has 0 amide bonds. The van der Waals surface area contributed by atoms with E-state index in [-0.39, 0.29) is 5.82 Å². The first-order valence-corrected chi connectivity index (χ1v) is 8.64. The van der Waals surface area contributed by atoms with E-state index < -0.39 is 0 Å². The Balaban J connectivity index is 1.77. The van der Waals surface area contributed by atoms with Gasteiger partial charge >= 0.3 is 0 Å². The molecular weight excluding hydrogens is 399 g/mol. The standard InChI is InChI=1S/C18H14BrFN6/c19-13-10-24-26-17(23-9-11-5-6-22-16(21)7-11)8-15(25-18(13)26)12-3-1-2-4-14(12)20/h1-8,10,23H,9H2,(H2,21,22). The number of nitrogen functional groups attached to an aromatic ring is 1. The minimum Gasteiger partial charge on any atom is -0.384 e. The molecule has 3 aromatic heterocycles. The first-order valence-electron chi connectivity index (χ1n) is 7.85. The zero-order valence-corrected chi connectivity index (χ0v) is 15.1. The van der Waals surface area contributed by atoms with Gasteiger partial charge in [0, 0.05) is 24.4 Å². The molecule has 0 saturated heterocycles. The zero-order valence-electron chi connectivity index (χ0n) is 13.5. The molecular formula is C18H14BrFN6. The number of anilines is 2. The molecule has 0 bridgehead atoms. The average Bonchev–Trinajstić information content (AvgIpc) is 3.01. The van der Waals surface area contributed by atoms with Crippen molar-refractivity contribution < 1.29 is 4.39 Å². The lowest BCUT2D eigenvalue weighted by Crippen LogP contribution is -2.07. The van der Waals surface area contributed by atoms with Crippen LogP contribution in [0.5, 0.6) is 0 Å². The number of halogens is 2. The molecule has 0 aliphatic rings. The number of hydrogen-bond donors (Lipinski definition) is 2. The Hall–Kier alpha value is -3.00. The summed E-state index contributed by atoms with van der Waals surface area (Å²) < 4.78 is 16.6. The van der Waals surface area contributed by atoms with Gasteiger partial charge in [-0.05, 0) is 45.8 Å². The number of hydrogen-bond acceptors (Lipinski definition) is 5. The molecule has 3 heterocycles. The van der Waals surface area contributed by atoms with Crippen molar-refractivity contribution in [2.45, 2.75) is 6.54 Å². The largest absolute Gasteiger partial charge is 0.384 e. The summed E-state index contributed by atoms with van der Waals surface area (Å²) in [5.74, 6) is 0.820. The van der Waals surface area contributed by atoms with E-state index in [0.29, 0.717) is 35.1 Å². The lowest BCUT2D eigenvalue weighted by molar-refractivity contribution is 0.630. The summed E-state index contributed by atoms with van der Waals surface area (Å²) in [6.45, 7) is 0.514. The lowest BCUT2D eigenvalue weighted by atomic mass is 10.1. The molecule has 0 fully saturated rings. The van der Waals surface area contributed by atoms with Gasteiger partial charge in [-0.15, -0.1) is 0 Å². The molecule has 3 N–H and O–H groups in total. The molecule has 1 aromatic carbocycles. The van der Waals surface area contributed by atoms with E-state index in [1.807, 2.05) is 6.07 Å². The molecule has 8 heteroatoms. The molecule has 130 valence electrons. The third-order valence-electron chi connectivity index (χ3n) is 3.90. The van der Waals surface area contributed by atoms with Gasteiger partial charge in [0.05, 0.1) is 16.4 Å². The van der Waals surface area contributed by atoms with Gasteiger partial charge in [-0.25, -0.2) is 14.4 Å². The van der Waals surface area contributed by atoms with E-state index in [9.17, 15) is 4.39 Å². The summed E-state index contributed by atoms with van der Waals surface area (Å²) in [4.78, 5) is 8.53. The Morgan fingerprint density at radius 2 is 2.04 bits per heavy atom. The third kappa shape index (κ3) is 3.11. The molecule has 0 aliphatic carbocycles. The van der Waals surface area contributed by atoms with Crippen LogP contribution >= 0.6 is 15.9 Å². The normalized spacial score (nSPS) is 11.0. The van der Waals surface area contributed by atoms with Gasteiger partial charge in [-0.3, -0.25) is 0 Å². The molecule has 0 atom stereocenters. The molecule has 0 unspecified atom stereocenters. The number of benzene rings is 1. The Kier molecular flexibility index (Phi) is 4.26. The van der Waals surface area contributed by atoms with E-state index in [2.05, 4.69) is 36.3 Å². The molecule has 0 saturated carbocycles. The summed E-state index contributed by atoms with van der Waals surface area (Å²) in [6.07, 6.45) is 3.31. The highest BCUT2D eigenvalue weighted by atomic mass is 79.9. The molecule has 4 aromatic rings. The van der Waals surface area contributed by atoms with Crippen LogP contribution in [0.15, 0.2) is 59.3 Å². The van der Waals surface area contributed by atoms with E-state index in [0.717, 1.165) is 10.0 Å². The van der Waals surface area contributed by atoms with E-state index >= 15 is 0 Å². The Morgan fingerprint density at radius 3 is 2.85 bits per heavy atom. The van der Waals surface area contributed by atoms with Gasteiger partial charge in [0.25, 0.3) is 0 Å². The predicted molar refractivity (Wildman–Crippen MR) is 102 cm³/mol. The van der Waals surface area contributed by atoms with Gasteiger partial charge in [0.15, 0.2) is 5.65 Å². The van der Waals surface area contributed by atoms with Gasteiger partial charge in [-0.1, -0.05) is 12.1 Å². The van der Waals surface area contributed by atoms with Crippen molar-refractivity contribution in [2.24, 2.45) is 0 Å². The van der Waals surface area contributed by atoms with Gasteiger partial charge in [0.1, 0.15) is 17.5 Å². The fourth-order valence-corrected chi connectivity index (χ4v) is 3.01. The topological polar surface area (TPSA) is 81.1 Å². The maximum atomic E-state index is 14.2. The minimum atomic E-state index is -0.326. The lowest BCUT2D eigenvalue weighted by Gasteiger charge is -2.11.